The normalized spacial score (nSPS) is 8.14. The summed E-state index contributed by atoms with van der Waals surface area (Å²) in [6, 6.07) is 10.9. The minimum absolute atomic E-state index is 0.222. The van der Waals surface area contributed by atoms with Crippen LogP contribution in [0.4, 0.5) is 0 Å². The molecule has 0 heterocycles. The van der Waals surface area contributed by atoms with Gasteiger partial charge in [0.15, 0.2) is 0 Å². The first-order chi connectivity index (χ1) is 6.70. The number of carboxylic acid groups (broad SMARTS) is 1. The Bertz CT molecular complexity index is 247. The SMILES string of the molecule is CCC(=O)O.C[CH2][Ca][c]1ccccc1. The van der Waals surface area contributed by atoms with Crippen LogP contribution >= 0.6 is 0 Å². The summed E-state index contributed by atoms with van der Waals surface area (Å²) in [5.74, 6) is -0.745. The molecule has 74 valence electrons. The number of aliphatic carboxylic acids is 1. The van der Waals surface area contributed by atoms with Crippen LogP contribution in [0.2, 0.25) is 2.52 Å². The third-order valence-corrected chi connectivity index (χ3v) is 4.10. The zero-order valence-electron chi connectivity index (χ0n) is 8.86. The zero-order chi connectivity index (χ0) is 10.8. The van der Waals surface area contributed by atoms with Crippen LogP contribution in [0, 0.1) is 0 Å². The van der Waals surface area contributed by atoms with Gasteiger partial charge in [-0.1, -0.05) is 6.92 Å². The molecule has 0 radical (unpaired) electrons. The van der Waals surface area contributed by atoms with Crippen molar-refractivity contribution in [2.24, 2.45) is 0 Å². The molecule has 14 heavy (non-hydrogen) atoms. The summed E-state index contributed by atoms with van der Waals surface area (Å²) >= 11 is -0.290. The monoisotopic (exact) mass is 220 g/mol. The van der Waals surface area contributed by atoms with Crippen molar-refractivity contribution in [3.63, 3.8) is 0 Å². The van der Waals surface area contributed by atoms with E-state index in [0.29, 0.717) is 0 Å². The van der Waals surface area contributed by atoms with E-state index in [-0.39, 0.29) is 40.3 Å². The third kappa shape index (κ3) is 8.54. The molecule has 3 heteroatoms. The summed E-state index contributed by atoms with van der Waals surface area (Å²) in [7, 11) is 0. The van der Waals surface area contributed by atoms with E-state index in [1.807, 2.05) is 0 Å². The molecule has 0 amide bonds. The van der Waals surface area contributed by atoms with Crippen molar-refractivity contribution in [1.82, 2.24) is 0 Å². The van der Waals surface area contributed by atoms with Crippen LogP contribution in [0.15, 0.2) is 30.3 Å². The summed E-state index contributed by atoms with van der Waals surface area (Å²) in [6.45, 7) is 3.88. The summed E-state index contributed by atoms with van der Waals surface area (Å²) in [6.07, 6.45) is 0.222. The van der Waals surface area contributed by atoms with Gasteiger partial charge < -0.3 is 5.11 Å². The van der Waals surface area contributed by atoms with Crippen LogP contribution in [0.5, 0.6) is 0 Å². The fourth-order valence-corrected chi connectivity index (χ4v) is 2.78. The first-order valence-electron chi connectivity index (χ1n) is 4.96. The molecule has 0 saturated carbocycles. The van der Waals surface area contributed by atoms with Crippen molar-refractivity contribution in [1.29, 1.82) is 0 Å². The fourth-order valence-electron chi connectivity index (χ4n) is 0.933. The molecule has 0 bridgehead atoms. The molecule has 2 nitrogen and oxygen atoms in total. The Labute approximate surface area is 104 Å². The molecule has 1 aromatic carbocycles. The molecular weight excluding hydrogens is 204 g/mol. The Hall–Kier alpha value is -0.0503. The van der Waals surface area contributed by atoms with Crippen molar-refractivity contribution < 1.29 is 9.90 Å². The van der Waals surface area contributed by atoms with Gasteiger partial charge in [-0.15, -0.1) is 0 Å². The maximum atomic E-state index is 9.37. The van der Waals surface area contributed by atoms with Gasteiger partial charge in [0.1, 0.15) is 0 Å². The minimum atomic E-state index is -0.745. The Balaban J connectivity index is 0.000000292. The second-order valence-corrected chi connectivity index (χ2v) is 6.60. The van der Waals surface area contributed by atoms with Crippen molar-refractivity contribution in [2.75, 3.05) is 0 Å². The predicted molar refractivity (Wildman–Crippen MR) is 60.2 cm³/mol. The van der Waals surface area contributed by atoms with E-state index in [9.17, 15) is 4.79 Å². The number of carboxylic acids is 1. The maximum absolute atomic E-state index is 9.37. The first-order valence-corrected chi connectivity index (χ1v) is 7.63. The van der Waals surface area contributed by atoms with Gasteiger partial charge in [-0.3, -0.25) is 4.79 Å². The molecule has 0 spiro atoms. The first kappa shape index (κ1) is 13.9. The molecule has 0 aromatic heterocycles. The van der Waals surface area contributed by atoms with Crippen molar-refractivity contribution in [3.05, 3.63) is 30.3 Å². The molecule has 0 aliphatic heterocycles. The van der Waals surface area contributed by atoms with E-state index < -0.39 is 5.97 Å². The number of carbonyl (C=O) groups is 1. The molecule has 0 fully saturated rings. The average Bonchev–Trinajstić information content (AvgIpc) is 2.21. The van der Waals surface area contributed by atoms with Gasteiger partial charge in [0, 0.05) is 6.42 Å². The average molecular weight is 220 g/mol. The predicted octanol–water partition coefficient (Wildman–Crippen LogP) is 1.94. The molecule has 1 aromatic rings. The van der Waals surface area contributed by atoms with Crippen molar-refractivity contribution in [2.45, 2.75) is 22.8 Å². The molecule has 0 atom stereocenters. The molecule has 0 saturated heterocycles. The van der Waals surface area contributed by atoms with Gasteiger partial charge in [-0.25, -0.2) is 0 Å². The molecule has 0 aliphatic rings. The van der Waals surface area contributed by atoms with Crippen LogP contribution in [-0.4, -0.2) is 44.9 Å². The van der Waals surface area contributed by atoms with E-state index in [1.165, 1.54) is 2.52 Å². The van der Waals surface area contributed by atoms with E-state index in [1.54, 1.807) is 8.58 Å². The second-order valence-electron chi connectivity index (χ2n) is 2.98. The number of hydrogen-bond donors (Lipinski definition) is 1. The Kier molecular flexibility index (Phi) is 9.47. The van der Waals surface area contributed by atoms with Gasteiger partial charge in [0.2, 0.25) is 0 Å². The summed E-state index contributed by atoms with van der Waals surface area (Å²) in [4.78, 5) is 9.37. The van der Waals surface area contributed by atoms with Crippen LogP contribution in [0.3, 0.4) is 0 Å². The molecule has 1 rings (SSSR count). The molecule has 1 N–H and O–H groups in total. The van der Waals surface area contributed by atoms with E-state index >= 15 is 0 Å². The zero-order valence-corrected chi connectivity index (χ0v) is 11.1. The standard InChI is InChI=1S/C6H5.C3H6O2.C2H5.Ca/c1-2-4-6-5-3-1;1-2-3(4)5;1-2;/h1-5H;2H2,1H3,(H,4,5);1H2,2H3;. The Morgan fingerprint density at radius 2 is 1.79 bits per heavy atom. The van der Waals surface area contributed by atoms with Crippen LogP contribution in [0.25, 0.3) is 0 Å². The number of hydrogen-bond acceptors (Lipinski definition) is 1. The summed E-state index contributed by atoms with van der Waals surface area (Å²) in [5, 5.41) is 7.72. The van der Waals surface area contributed by atoms with Crippen molar-refractivity contribution in [3.8, 4) is 0 Å². The van der Waals surface area contributed by atoms with Gasteiger partial charge in [0.05, 0.1) is 0 Å². The second kappa shape index (κ2) is 9.50. The Morgan fingerprint density at radius 1 is 1.29 bits per heavy atom. The van der Waals surface area contributed by atoms with Gasteiger partial charge in [0.25, 0.3) is 0 Å². The Morgan fingerprint density at radius 3 is 2.14 bits per heavy atom. The van der Waals surface area contributed by atoms with Crippen LogP contribution in [0.1, 0.15) is 20.3 Å². The summed E-state index contributed by atoms with van der Waals surface area (Å²) < 4.78 is 3.06. The van der Waals surface area contributed by atoms with E-state index in [2.05, 4.69) is 37.3 Å². The molecular formula is C11H16CaO2. The quantitative estimate of drug-likeness (QED) is 0.790. The van der Waals surface area contributed by atoms with E-state index in [0.717, 1.165) is 0 Å². The van der Waals surface area contributed by atoms with Crippen LogP contribution < -0.4 is 1.66 Å². The van der Waals surface area contributed by atoms with Gasteiger partial charge in [-0.2, -0.15) is 0 Å². The van der Waals surface area contributed by atoms with E-state index in [4.69, 9.17) is 5.11 Å². The molecule has 0 unspecified atom stereocenters. The fraction of sp³-hybridized carbons (Fsp3) is 0.364. The van der Waals surface area contributed by atoms with Crippen LogP contribution in [-0.2, 0) is 4.79 Å². The van der Waals surface area contributed by atoms with Gasteiger partial charge >= 0.3 is 81.2 Å². The molecule has 0 aliphatic carbocycles. The number of benzene rings is 1. The third-order valence-electron chi connectivity index (χ3n) is 1.68. The number of rotatable bonds is 3. The van der Waals surface area contributed by atoms with Gasteiger partial charge in [-0.05, 0) is 0 Å². The topological polar surface area (TPSA) is 37.3 Å². The summed E-state index contributed by atoms with van der Waals surface area (Å²) in [5.41, 5.74) is 0. The van der Waals surface area contributed by atoms with Crippen molar-refractivity contribution >= 4 is 41.5 Å².